The molecule has 0 aliphatic heterocycles. The Hall–Kier alpha value is 1.40. The van der Waals surface area contributed by atoms with E-state index in [1.54, 1.807) is 0 Å². The molecule has 0 aromatic carbocycles. The molecule has 0 bridgehead atoms. The van der Waals surface area contributed by atoms with Crippen molar-refractivity contribution in [3.05, 3.63) is 35.8 Å². The Morgan fingerprint density at radius 3 is 0.725 bits per heavy atom. The van der Waals surface area contributed by atoms with Crippen LogP contribution in [-0.2, 0) is 0 Å². The second-order valence-corrected chi connectivity index (χ2v) is 11.4. The molecule has 228 valence electrons. The molecule has 0 aromatic heterocycles. The summed E-state index contributed by atoms with van der Waals surface area (Å²) in [6.45, 7) is 5.78. The van der Waals surface area contributed by atoms with Crippen LogP contribution in [0.4, 0.5) is 0 Å². The van der Waals surface area contributed by atoms with Crippen LogP contribution in [-0.4, -0.2) is 13.1 Å². The summed E-state index contributed by atoms with van der Waals surface area (Å²) in [7, 11) is 0. The first-order chi connectivity index (χ1) is 18.8. The van der Waals surface area contributed by atoms with Crippen molar-refractivity contribution in [2.45, 2.75) is 194 Å². The van der Waals surface area contributed by atoms with E-state index in [0.717, 1.165) is 12.8 Å². The van der Waals surface area contributed by atoms with Gasteiger partial charge in [0, 0.05) is 0 Å². The van der Waals surface area contributed by atoms with Crippen LogP contribution in [0.1, 0.15) is 194 Å². The summed E-state index contributed by atoms with van der Waals surface area (Å²) in [6, 6.07) is 0. The van der Waals surface area contributed by atoms with Crippen LogP contribution < -0.4 is 59.1 Å². The van der Waals surface area contributed by atoms with E-state index in [-0.39, 0.29) is 59.1 Å². The van der Waals surface area contributed by atoms with E-state index in [0.29, 0.717) is 13.1 Å². The van der Waals surface area contributed by atoms with Crippen LogP contribution >= 0.6 is 0 Å². The van der Waals surface area contributed by atoms with E-state index < -0.39 is 0 Å². The maximum atomic E-state index is 7.07. The van der Waals surface area contributed by atoms with Gasteiger partial charge in [-0.2, -0.15) is 13.1 Å². The number of rotatable bonds is 30. The Balaban J connectivity index is -0.000000309. The number of hydrogen-bond donors (Lipinski definition) is 0. The maximum absolute atomic E-state index is 7.07. The maximum Gasteiger partial charge on any atom is 1.00 e. The second kappa shape index (κ2) is 50.0. The molecular weight excluding hydrogens is 506 g/mol. The van der Waals surface area contributed by atoms with Gasteiger partial charge in [-0.15, -0.1) is 0 Å². The normalized spacial score (nSPS) is 10.9. The predicted octanol–water partition coefficient (Wildman–Crippen LogP) is 8.16. The van der Waals surface area contributed by atoms with Gasteiger partial charge in [-0.1, -0.05) is 167 Å². The molecule has 0 aromatic rings. The molecule has 0 aliphatic rings. The molecule has 0 heterocycles. The van der Waals surface area contributed by atoms with E-state index in [4.69, 9.17) is 11.5 Å². The fourth-order valence-electron chi connectivity index (χ4n) is 4.75. The van der Waals surface area contributed by atoms with E-state index >= 15 is 0 Å². The molecule has 0 atom stereocenters. The van der Waals surface area contributed by atoms with Crippen LogP contribution in [0.25, 0.3) is 11.5 Å². The van der Waals surface area contributed by atoms with Crippen molar-refractivity contribution in [1.29, 1.82) is 0 Å². The molecule has 2 nitrogen and oxygen atoms in total. The molecule has 0 aliphatic carbocycles. The van der Waals surface area contributed by atoms with Gasteiger partial charge < -0.3 is 11.5 Å². The Morgan fingerprint density at radius 1 is 0.300 bits per heavy atom. The summed E-state index contributed by atoms with van der Waals surface area (Å²) < 4.78 is 0. The topological polar surface area (TPSA) is 47.6 Å². The summed E-state index contributed by atoms with van der Waals surface area (Å²) in [4.78, 5) is 0. The zero-order valence-electron chi connectivity index (χ0n) is 28.5. The number of hydrogen-bond acceptors (Lipinski definition) is 0. The SMILES string of the molecule is CCCCCCCCC=CCCCCCCCC[NH-].CCCCCCCCC=CCCCCCCCC[NH-].[Na+].[Na+]. The van der Waals surface area contributed by atoms with Gasteiger partial charge >= 0.3 is 59.1 Å². The number of nitrogens with one attached hydrogen (secondary N) is 2. The second-order valence-electron chi connectivity index (χ2n) is 11.4. The molecule has 0 rings (SSSR count). The van der Waals surface area contributed by atoms with Gasteiger partial charge in [-0.3, -0.25) is 0 Å². The van der Waals surface area contributed by atoms with E-state index in [9.17, 15) is 0 Å². The number of unbranched alkanes of at least 4 members (excludes halogenated alkanes) is 24. The summed E-state index contributed by atoms with van der Waals surface area (Å²) in [6.07, 6.45) is 47.1. The first kappa shape index (κ1) is 48.3. The van der Waals surface area contributed by atoms with Crippen LogP contribution in [0.15, 0.2) is 24.3 Å². The van der Waals surface area contributed by atoms with Crippen molar-refractivity contribution in [1.82, 2.24) is 0 Å². The van der Waals surface area contributed by atoms with Gasteiger partial charge in [0.25, 0.3) is 0 Å². The minimum Gasteiger partial charge on any atom is -0.677 e. The standard InChI is InChI=1S/2C18H36N.2Na/c2*1-2-3-4-5-6-7-8-9-10-11-12-13-14-15-16-17-18-19;;/h2*9-10,19H,2-8,11-18H2,1H3;;/q2*-1;2*+1. The van der Waals surface area contributed by atoms with Gasteiger partial charge in [0.1, 0.15) is 0 Å². The average Bonchev–Trinajstić information content (AvgIpc) is 2.93. The Labute approximate surface area is 299 Å². The van der Waals surface area contributed by atoms with Crippen LogP contribution in [0, 0.1) is 0 Å². The third kappa shape index (κ3) is 52.1. The molecule has 0 spiro atoms. The molecule has 2 N–H and O–H groups in total. The van der Waals surface area contributed by atoms with Gasteiger partial charge in [0.05, 0.1) is 0 Å². The molecule has 0 radical (unpaired) electrons. The third-order valence-electron chi connectivity index (χ3n) is 7.38. The minimum atomic E-state index is 0. The average molecular weight is 579 g/mol. The van der Waals surface area contributed by atoms with Crippen molar-refractivity contribution in [2.75, 3.05) is 13.1 Å². The fraction of sp³-hybridized carbons (Fsp3) is 0.889. The Morgan fingerprint density at radius 2 is 0.500 bits per heavy atom. The molecule has 0 fully saturated rings. The largest absolute Gasteiger partial charge is 1.00 e. The van der Waals surface area contributed by atoms with Crippen molar-refractivity contribution < 1.29 is 59.1 Å². The van der Waals surface area contributed by atoms with Gasteiger partial charge in [-0.25, -0.2) is 0 Å². The molecule has 40 heavy (non-hydrogen) atoms. The van der Waals surface area contributed by atoms with Crippen molar-refractivity contribution >= 4 is 0 Å². The first-order valence-corrected chi connectivity index (χ1v) is 17.4. The Bertz CT molecular complexity index is 401. The summed E-state index contributed by atoms with van der Waals surface area (Å²) >= 11 is 0. The van der Waals surface area contributed by atoms with Crippen molar-refractivity contribution in [3.63, 3.8) is 0 Å². The monoisotopic (exact) mass is 579 g/mol. The molecule has 0 amide bonds. The molecule has 0 saturated carbocycles. The van der Waals surface area contributed by atoms with Crippen molar-refractivity contribution in [3.8, 4) is 0 Å². The minimum absolute atomic E-state index is 0. The Kier molecular flexibility index (Phi) is 60.4. The number of allylic oxidation sites excluding steroid dienone is 4. The smallest absolute Gasteiger partial charge is 0.677 e. The van der Waals surface area contributed by atoms with Crippen LogP contribution in [0.3, 0.4) is 0 Å². The van der Waals surface area contributed by atoms with E-state index in [1.807, 2.05) is 0 Å². The first-order valence-electron chi connectivity index (χ1n) is 17.4. The quantitative estimate of drug-likeness (QED) is 0.0469. The van der Waals surface area contributed by atoms with Gasteiger partial charge in [0.15, 0.2) is 0 Å². The van der Waals surface area contributed by atoms with E-state index in [1.165, 1.54) is 167 Å². The molecule has 0 unspecified atom stereocenters. The van der Waals surface area contributed by atoms with Gasteiger partial charge in [-0.05, 0) is 51.4 Å². The zero-order valence-corrected chi connectivity index (χ0v) is 32.5. The van der Waals surface area contributed by atoms with Crippen molar-refractivity contribution in [2.24, 2.45) is 0 Å². The van der Waals surface area contributed by atoms with Crippen LogP contribution in [0.2, 0.25) is 0 Å². The van der Waals surface area contributed by atoms with E-state index in [2.05, 4.69) is 38.2 Å². The summed E-state index contributed by atoms with van der Waals surface area (Å²) in [5, 5.41) is 0. The summed E-state index contributed by atoms with van der Waals surface area (Å²) in [5.41, 5.74) is 14.1. The molecule has 0 saturated heterocycles. The molecule has 4 heteroatoms. The molecular formula is C36H72N2Na2. The van der Waals surface area contributed by atoms with Gasteiger partial charge in [0.2, 0.25) is 0 Å². The van der Waals surface area contributed by atoms with Crippen LogP contribution in [0.5, 0.6) is 0 Å². The predicted molar refractivity (Wildman–Crippen MR) is 177 cm³/mol. The fourth-order valence-corrected chi connectivity index (χ4v) is 4.75. The third-order valence-corrected chi connectivity index (χ3v) is 7.38. The summed E-state index contributed by atoms with van der Waals surface area (Å²) in [5.74, 6) is 0. The zero-order chi connectivity index (χ0) is 28.0.